The van der Waals surface area contributed by atoms with Gasteiger partial charge < -0.3 is 14.5 Å². The number of hydrogen-bond acceptors (Lipinski definition) is 4. The van der Waals surface area contributed by atoms with Crippen LogP contribution in [0.4, 0.5) is 0 Å². The van der Waals surface area contributed by atoms with Crippen molar-refractivity contribution >= 4 is 5.91 Å². The summed E-state index contributed by atoms with van der Waals surface area (Å²) in [5, 5.41) is 0. The summed E-state index contributed by atoms with van der Waals surface area (Å²) >= 11 is 0. The predicted octanol–water partition coefficient (Wildman–Crippen LogP) is 3.41. The topological polar surface area (TPSA) is 36.0 Å². The highest BCUT2D eigenvalue weighted by molar-refractivity contribution is 5.76. The van der Waals surface area contributed by atoms with Crippen molar-refractivity contribution in [1.82, 2.24) is 14.7 Å². The third kappa shape index (κ3) is 6.58. The number of ether oxygens (including phenoxy) is 1. The Hall–Kier alpha value is -1.85. The van der Waals surface area contributed by atoms with Gasteiger partial charge in [-0.1, -0.05) is 37.8 Å². The maximum absolute atomic E-state index is 12.5. The lowest BCUT2D eigenvalue weighted by atomic mass is 9.91. The van der Waals surface area contributed by atoms with E-state index < -0.39 is 0 Å². The Labute approximate surface area is 176 Å². The SMILES string of the molecule is C=CCOc1ccccc1CN1CCC(CCC(=O)N2CCN(CC)CC2)CC1. The maximum atomic E-state index is 12.5. The second-order valence-electron chi connectivity index (χ2n) is 8.28. The van der Waals surface area contributed by atoms with Gasteiger partial charge in [-0.05, 0) is 50.9 Å². The van der Waals surface area contributed by atoms with Crippen molar-refractivity contribution in [3.05, 3.63) is 42.5 Å². The van der Waals surface area contributed by atoms with Gasteiger partial charge in [0.25, 0.3) is 0 Å². The summed E-state index contributed by atoms with van der Waals surface area (Å²) < 4.78 is 5.80. The minimum Gasteiger partial charge on any atom is -0.489 e. The van der Waals surface area contributed by atoms with E-state index in [9.17, 15) is 4.79 Å². The number of nitrogens with zero attached hydrogens (tertiary/aromatic N) is 3. The standard InChI is InChI=1S/C24H37N3O2/c1-3-19-29-23-8-6-5-7-22(23)20-26-13-11-21(12-14-26)9-10-24(28)27-17-15-25(4-2)16-18-27/h3,5-8,21H,1,4,9-20H2,2H3. The molecule has 0 saturated carbocycles. The van der Waals surface area contributed by atoms with Crippen molar-refractivity contribution in [3.63, 3.8) is 0 Å². The van der Waals surface area contributed by atoms with Gasteiger partial charge in [-0.25, -0.2) is 0 Å². The quantitative estimate of drug-likeness (QED) is 0.596. The lowest BCUT2D eigenvalue weighted by molar-refractivity contribution is -0.133. The average molecular weight is 400 g/mol. The first-order valence-corrected chi connectivity index (χ1v) is 11.2. The molecule has 2 fully saturated rings. The Bertz CT molecular complexity index is 647. The Morgan fingerprint density at radius 1 is 1.10 bits per heavy atom. The zero-order valence-corrected chi connectivity index (χ0v) is 18.0. The molecule has 2 aliphatic heterocycles. The van der Waals surface area contributed by atoms with E-state index in [2.05, 4.69) is 40.3 Å². The van der Waals surface area contributed by atoms with E-state index >= 15 is 0 Å². The molecule has 0 atom stereocenters. The Morgan fingerprint density at radius 3 is 2.52 bits per heavy atom. The highest BCUT2D eigenvalue weighted by atomic mass is 16.5. The molecule has 1 amide bonds. The highest BCUT2D eigenvalue weighted by Crippen LogP contribution is 2.26. The molecule has 0 aromatic heterocycles. The van der Waals surface area contributed by atoms with Gasteiger partial charge in [-0.15, -0.1) is 0 Å². The first-order chi connectivity index (χ1) is 14.2. The van der Waals surface area contributed by atoms with Crippen LogP contribution < -0.4 is 4.74 Å². The number of likely N-dealkylation sites (N-methyl/N-ethyl adjacent to an activating group) is 1. The van der Waals surface area contributed by atoms with Gasteiger partial charge in [0, 0.05) is 44.7 Å². The monoisotopic (exact) mass is 399 g/mol. The molecular formula is C24H37N3O2. The van der Waals surface area contributed by atoms with E-state index in [4.69, 9.17) is 4.74 Å². The summed E-state index contributed by atoms with van der Waals surface area (Å²) in [6.45, 7) is 14.5. The van der Waals surface area contributed by atoms with Crippen LogP contribution in [0.15, 0.2) is 36.9 Å². The van der Waals surface area contributed by atoms with Crippen molar-refractivity contribution in [2.75, 3.05) is 52.4 Å². The van der Waals surface area contributed by atoms with Gasteiger partial charge >= 0.3 is 0 Å². The number of piperidine rings is 1. The van der Waals surface area contributed by atoms with Crippen LogP contribution in [-0.4, -0.2) is 73.0 Å². The van der Waals surface area contributed by atoms with Crippen LogP contribution in [0.25, 0.3) is 0 Å². The third-order valence-corrected chi connectivity index (χ3v) is 6.37. The molecule has 0 aliphatic carbocycles. The predicted molar refractivity (Wildman–Crippen MR) is 118 cm³/mol. The van der Waals surface area contributed by atoms with Gasteiger partial charge in [-0.3, -0.25) is 9.69 Å². The molecule has 3 rings (SSSR count). The molecule has 5 heteroatoms. The lowest BCUT2D eigenvalue weighted by Crippen LogP contribution is -2.48. The fourth-order valence-corrected chi connectivity index (χ4v) is 4.40. The largest absolute Gasteiger partial charge is 0.489 e. The number of benzene rings is 1. The number of amides is 1. The van der Waals surface area contributed by atoms with E-state index in [1.165, 1.54) is 18.4 Å². The maximum Gasteiger partial charge on any atom is 0.222 e. The highest BCUT2D eigenvalue weighted by Gasteiger charge is 2.23. The molecule has 5 nitrogen and oxygen atoms in total. The molecule has 0 unspecified atom stereocenters. The van der Waals surface area contributed by atoms with Crippen molar-refractivity contribution < 1.29 is 9.53 Å². The number of piperazine rings is 1. The van der Waals surface area contributed by atoms with Crippen molar-refractivity contribution in [3.8, 4) is 5.75 Å². The van der Waals surface area contributed by atoms with Crippen LogP contribution in [0.3, 0.4) is 0 Å². The minimum atomic E-state index is 0.358. The van der Waals surface area contributed by atoms with Gasteiger partial charge in [-0.2, -0.15) is 0 Å². The molecule has 1 aromatic rings. The van der Waals surface area contributed by atoms with Crippen LogP contribution in [0.1, 0.15) is 38.2 Å². The van der Waals surface area contributed by atoms with E-state index in [0.29, 0.717) is 18.4 Å². The van der Waals surface area contributed by atoms with Crippen LogP contribution in [-0.2, 0) is 11.3 Å². The molecule has 0 bridgehead atoms. The number of hydrogen-bond donors (Lipinski definition) is 0. The summed E-state index contributed by atoms with van der Waals surface area (Å²) in [7, 11) is 0. The molecule has 1 aromatic carbocycles. The molecule has 160 valence electrons. The Morgan fingerprint density at radius 2 is 1.83 bits per heavy atom. The van der Waals surface area contributed by atoms with Gasteiger partial charge in [0.05, 0.1) is 0 Å². The number of likely N-dealkylation sites (tertiary alicyclic amines) is 1. The molecule has 0 N–H and O–H groups in total. The summed E-state index contributed by atoms with van der Waals surface area (Å²) in [5.41, 5.74) is 1.24. The molecule has 2 saturated heterocycles. The molecular weight excluding hydrogens is 362 g/mol. The first kappa shape index (κ1) is 21.8. The fourth-order valence-electron chi connectivity index (χ4n) is 4.40. The molecule has 2 aliphatic rings. The fraction of sp³-hybridized carbons (Fsp3) is 0.625. The van der Waals surface area contributed by atoms with Gasteiger partial charge in [0.1, 0.15) is 12.4 Å². The minimum absolute atomic E-state index is 0.358. The smallest absolute Gasteiger partial charge is 0.222 e. The van der Waals surface area contributed by atoms with Crippen molar-refractivity contribution in [2.45, 2.75) is 39.2 Å². The van der Waals surface area contributed by atoms with E-state index in [0.717, 1.165) is 70.9 Å². The Kier molecular flexibility index (Phi) is 8.56. The van der Waals surface area contributed by atoms with Crippen LogP contribution in [0.5, 0.6) is 5.75 Å². The average Bonchev–Trinajstić information content (AvgIpc) is 2.78. The van der Waals surface area contributed by atoms with E-state index in [1.807, 2.05) is 12.1 Å². The van der Waals surface area contributed by atoms with Gasteiger partial charge in [0.2, 0.25) is 5.91 Å². The van der Waals surface area contributed by atoms with E-state index in [-0.39, 0.29) is 0 Å². The van der Waals surface area contributed by atoms with E-state index in [1.54, 1.807) is 6.08 Å². The number of para-hydroxylation sites is 1. The summed E-state index contributed by atoms with van der Waals surface area (Å²) in [6.07, 6.45) is 5.92. The van der Waals surface area contributed by atoms with Crippen molar-refractivity contribution in [1.29, 1.82) is 0 Å². The molecule has 0 radical (unpaired) electrons. The summed E-state index contributed by atoms with van der Waals surface area (Å²) in [6, 6.07) is 8.29. The Balaban J connectivity index is 1.38. The third-order valence-electron chi connectivity index (χ3n) is 6.37. The lowest BCUT2D eigenvalue weighted by Gasteiger charge is -2.35. The zero-order chi connectivity index (χ0) is 20.5. The summed E-state index contributed by atoms with van der Waals surface area (Å²) in [5.74, 6) is 2.00. The number of carbonyl (C=O) groups excluding carboxylic acids is 1. The second kappa shape index (κ2) is 11.4. The van der Waals surface area contributed by atoms with Crippen LogP contribution in [0, 0.1) is 5.92 Å². The summed E-state index contributed by atoms with van der Waals surface area (Å²) in [4.78, 5) is 19.5. The van der Waals surface area contributed by atoms with Crippen LogP contribution >= 0.6 is 0 Å². The molecule has 2 heterocycles. The normalized spacial score (nSPS) is 19.3. The molecule has 0 spiro atoms. The van der Waals surface area contributed by atoms with Crippen LogP contribution in [0.2, 0.25) is 0 Å². The molecule has 29 heavy (non-hydrogen) atoms. The second-order valence-corrected chi connectivity index (χ2v) is 8.28. The number of rotatable bonds is 9. The number of carbonyl (C=O) groups is 1. The zero-order valence-electron chi connectivity index (χ0n) is 18.0. The van der Waals surface area contributed by atoms with Crippen molar-refractivity contribution in [2.24, 2.45) is 5.92 Å². The van der Waals surface area contributed by atoms with Gasteiger partial charge in [0.15, 0.2) is 0 Å². The first-order valence-electron chi connectivity index (χ1n) is 11.2.